The molecule has 0 radical (unpaired) electrons. The first-order valence-electron chi connectivity index (χ1n) is 4.19. The molecule has 82 valence electrons. The van der Waals surface area contributed by atoms with Gasteiger partial charge in [-0.15, -0.1) is 10.1 Å². The Morgan fingerprint density at radius 1 is 0.923 bits per heavy atom. The highest BCUT2D eigenvalue weighted by molar-refractivity contribution is 8.66. The molecule has 0 atom stereocenters. The Balaban J connectivity index is 5.56. The summed E-state index contributed by atoms with van der Waals surface area (Å²) in [6, 6.07) is 0. The molecule has 0 spiro atoms. The van der Waals surface area contributed by atoms with Crippen LogP contribution >= 0.6 is 17.9 Å². The molecule has 0 aromatic rings. The van der Waals surface area contributed by atoms with Crippen LogP contribution in [0.4, 0.5) is 0 Å². The Hall–Kier alpha value is 1.05. The lowest BCUT2D eigenvalue weighted by Gasteiger charge is -2.38. The molecular weight excluding hydrogens is 223 g/mol. The molecule has 0 aromatic heterocycles. The van der Waals surface area contributed by atoms with Gasteiger partial charge >= 0.3 is 0 Å². The summed E-state index contributed by atoms with van der Waals surface area (Å²) in [5.74, 6) is 0. The van der Waals surface area contributed by atoms with Gasteiger partial charge in [0.25, 0.3) is 0 Å². The Morgan fingerprint density at radius 3 is 1.15 bits per heavy atom. The van der Waals surface area contributed by atoms with Gasteiger partial charge in [0, 0.05) is 9.49 Å². The molecular formula is C8H21O2PS2. The summed E-state index contributed by atoms with van der Waals surface area (Å²) < 4.78 is -0.228. The lowest BCUT2D eigenvalue weighted by Crippen LogP contribution is -2.36. The summed E-state index contributed by atoms with van der Waals surface area (Å²) in [4.78, 5) is 19.4. The van der Waals surface area contributed by atoms with Crippen LogP contribution in [0.5, 0.6) is 0 Å². The quantitative estimate of drug-likeness (QED) is 0.453. The van der Waals surface area contributed by atoms with Crippen molar-refractivity contribution in [1.82, 2.24) is 0 Å². The maximum atomic E-state index is 9.69. The Labute approximate surface area is 89.0 Å². The van der Waals surface area contributed by atoms with Crippen LogP contribution in [0.25, 0.3) is 0 Å². The van der Waals surface area contributed by atoms with Crippen molar-refractivity contribution in [3.63, 3.8) is 0 Å². The first kappa shape index (κ1) is 14.1. The van der Waals surface area contributed by atoms with E-state index in [9.17, 15) is 9.79 Å². The van der Waals surface area contributed by atoms with Gasteiger partial charge < -0.3 is 9.79 Å². The third kappa shape index (κ3) is 4.39. The molecule has 0 rings (SSSR count). The molecule has 2 N–H and O–H groups in total. The standard InChI is InChI=1S/C8H21O2PS2/c1-7(2,3)13(8(4,5)6)11(9,10)12/h9-10,12H,1-6H3. The van der Waals surface area contributed by atoms with Crippen molar-refractivity contribution in [3.05, 3.63) is 0 Å². The monoisotopic (exact) mass is 244 g/mol. The van der Waals surface area contributed by atoms with E-state index in [1.165, 1.54) is 0 Å². The van der Waals surface area contributed by atoms with Gasteiger partial charge in [0.2, 0.25) is 0 Å². The fraction of sp³-hybridized carbons (Fsp3) is 1.00. The smallest absolute Gasteiger partial charge is 0.199 e. The van der Waals surface area contributed by atoms with Crippen LogP contribution in [0.3, 0.4) is 0 Å². The average Bonchev–Trinajstić information content (AvgIpc) is 1.44. The topological polar surface area (TPSA) is 40.5 Å². The van der Waals surface area contributed by atoms with Gasteiger partial charge in [0.1, 0.15) is 0 Å². The predicted octanol–water partition coefficient (Wildman–Crippen LogP) is 2.79. The molecule has 5 heteroatoms. The zero-order valence-electron chi connectivity index (χ0n) is 9.20. The second-order valence-corrected chi connectivity index (χ2v) is 14.2. The second-order valence-electron chi connectivity index (χ2n) is 5.02. The van der Waals surface area contributed by atoms with Gasteiger partial charge in [-0.1, -0.05) is 53.8 Å². The maximum Gasteiger partial charge on any atom is 0.199 e. The van der Waals surface area contributed by atoms with E-state index in [1.54, 1.807) is 0 Å². The average molecular weight is 244 g/mol. The van der Waals surface area contributed by atoms with Gasteiger partial charge in [-0.25, -0.2) is 0 Å². The molecule has 0 aliphatic rings. The Morgan fingerprint density at radius 2 is 1.15 bits per heavy atom. The van der Waals surface area contributed by atoms with E-state index < -0.39 is 15.8 Å². The van der Waals surface area contributed by atoms with Crippen molar-refractivity contribution in [2.75, 3.05) is 0 Å². The SMILES string of the molecule is CC(C)(C)S(C(C)(C)C)=P(O)(O)S. The van der Waals surface area contributed by atoms with Crippen LogP contribution in [-0.4, -0.2) is 19.3 Å². The van der Waals surface area contributed by atoms with E-state index in [-0.39, 0.29) is 9.49 Å². The first-order chi connectivity index (χ1) is 5.37. The molecule has 0 heterocycles. The van der Waals surface area contributed by atoms with Crippen LogP contribution in [-0.2, 0) is 10.1 Å². The van der Waals surface area contributed by atoms with Crippen LogP contribution in [0.2, 0.25) is 0 Å². The van der Waals surface area contributed by atoms with Gasteiger partial charge in [-0.3, -0.25) is 0 Å². The highest BCUT2D eigenvalue weighted by atomic mass is 32.9. The van der Waals surface area contributed by atoms with Crippen LogP contribution in [0.15, 0.2) is 0 Å². The highest BCUT2D eigenvalue weighted by Gasteiger charge is 2.33. The lowest BCUT2D eigenvalue weighted by molar-refractivity contribution is 0.500. The van der Waals surface area contributed by atoms with Crippen molar-refractivity contribution in [3.8, 4) is 0 Å². The molecule has 0 aromatic carbocycles. The molecule has 0 amide bonds. The minimum atomic E-state index is -3.05. The summed E-state index contributed by atoms with van der Waals surface area (Å²) in [5.41, 5.74) is -3.05. The first-order valence-corrected chi connectivity index (χ1v) is 8.87. The van der Waals surface area contributed by atoms with Gasteiger partial charge in [0.05, 0.1) is 0 Å². The fourth-order valence-corrected chi connectivity index (χ4v) is 13.8. The Bertz CT molecular complexity index is 218. The summed E-state index contributed by atoms with van der Waals surface area (Å²) >= 11 is 3.97. The normalized spacial score (nSPS) is 15.2. The maximum absolute atomic E-state index is 9.69. The largest absolute Gasteiger partial charge is 0.341 e. The fourth-order valence-electron chi connectivity index (χ4n) is 1.65. The molecule has 0 fully saturated rings. The van der Waals surface area contributed by atoms with Crippen LogP contribution < -0.4 is 0 Å². The minimum Gasteiger partial charge on any atom is -0.341 e. The summed E-state index contributed by atoms with van der Waals surface area (Å²) in [5, 5.41) is 0. The molecule has 0 bridgehead atoms. The zero-order chi connectivity index (χ0) is 11.1. The van der Waals surface area contributed by atoms with E-state index in [2.05, 4.69) is 12.2 Å². The minimum absolute atomic E-state index is 0.114. The van der Waals surface area contributed by atoms with Gasteiger partial charge in [-0.05, 0) is 0 Å². The van der Waals surface area contributed by atoms with E-state index in [4.69, 9.17) is 0 Å². The van der Waals surface area contributed by atoms with Crippen LogP contribution in [0.1, 0.15) is 41.5 Å². The van der Waals surface area contributed by atoms with E-state index >= 15 is 0 Å². The number of hydrogen-bond donors (Lipinski definition) is 3. The molecule has 0 unspecified atom stereocenters. The predicted molar refractivity (Wildman–Crippen MR) is 67.2 cm³/mol. The highest BCUT2D eigenvalue weighted by Crippen LogP contribution is 2.53. The molecule has 2 nitrogen and oxygen atoms in total. The van der Waals surface area contributed by atoms with Crippen molar-refractivity contribution in [1.29, 1.82) is 0 Å². The number of rotatable bonds is 0. The molecule has 0 saturated carbocycles. The number of hydrogen-bond acceptors (Lipinski definition) is 0. The second kappa shape index (κ2) is 3.90. The third-order valence-electron chi connectivity index (χ3n) is 1.41. The summed E-state index contributed by atoms with van der Waals surface area (Å²) in [6.45, 7) is 12.2. The van der Waals surface area contributed by atoms with Crippen molar-refractivity contribution in [2.45, 2.75) is 51.0 Å². The molecule has 13 heavy (non-hydrogen) atoms. The van der Waals surface area contributed by atoms with Gasteiger partial charge in [-0.2, -0.15) is 0 Å². The van der Waals surface area contributed by atoms with E-state index in [0.29, 0.717) is 0 Å². The van der Waals surface area contributed by atoms with Crippen LogP contribution in [0, 0.1) is 0 Å². The summed E-state index contributed by atoms with van der Waals surface area (Å²) in [7, 11) is -0.490. The molecule has 0 aliphatic carbocycles. The van der Waals surface area contributed by atoms with Gasteiger partial charge in [0.15, 0.2) is 5.69 Å². The van der Waals surface area contributed by atoms with Crippen molar-refractivity contribution < 1.29 is 9.79 Å². The van der Waals surface area contributed by atoms with Crippen molar-refractivity contribution >= 4 is 28.0 Å². The zero-order valence-corrected chi connectivity index (χ0v) is 11.8. The summed E-state index contributed by atoms with van der Waals surface area (Å²) in [6.07, 6.45) is 0. The molecule has 0 saturated heterocycles. The molecule has 0 aliphatic heterocycles. The number of thiol groups is 1. The third-order valence-corrected chi connectivity index (χ3v) is 10.4. The van der Waals surface area contributed by atoms with E-state index in [0.717, 1.165) is 0 Å². The van der Waals surface area contributed by atoms with Crippen molar-refractivity contribution in [2.24, 2.45) is 0 Å². The Kier molecular flexibility index (Phi) is 4.21. The lowest BCUT2D eigenvalue weighted by atomic mass is 10.2. The van der Waals surface area contributed by atoms with E-state index in [1.807, 2.05) is 41.5 Å².